The van der Waals surface area contributed by atoms with Crippen LogP contribution in [0.15, 0.2) is 34.9 Å². The fourth-order valence-corrected chi connectivity index (χ4v) is 3.04. The van der Waals surface area contributed by atoms with Crippen LogP contribution in [0.2, 0.25) is 0 Å². The number of rotatable bonds is 1. The van der Waals surface area contributed by atoms with Gasteiger partial charge in [-0.1, -0.05) is 6.07 Å². The SMILES string of the molecule is Cc1cnc(N2Cc3ccc(N)cc3C2)c(Br)c1. The summed E-state index contributed by atoms with van der Waals surface area (Å²) in [6.07, 6.45) is 1.90. The van der Waals surface area contributed by atoms with Crippen LogP contribution in [0.3, 0.4) is 0 Å². The lowest BCUT2D eigenvalue weighted by atomic mass is 10.1. The van der Waals surface area contributed by atoms with Crippen molar-refractivity contribution in [2.75, 3.05) is 10.6 Å². The molecule has 3 rings (SSSR count). The standard InChI is InChI=1S/C14H14BrN3/c1-9-4-13(15)14(17-6-9)18-7-10-2-3-12(16)5-11(10)8-18/h2-6H,7-8,16H2,1H3. The molecule has 0 saturated carbocycles. The lowest BCUT2D eigenvalue weighted by Gasteiger charge is -2.18. The van der Waals surface area contributed by atoms with Gasteiger partial charge in [-0.15, -0.1) is 0 Å². The van der Waals surface area contributed by atoms with E-state index in [1.807, 2.05) is 19.2 Å². The zero-order valence-electron chi connectivity index (χ0n) is 10.2. The predicted octanol–water partition coefficient (Wildman–Crippen LogP) is 3.25. The molecule has 1 aliphatic rings. The first-order valence-electron chi connectivity index (χ1n) is 5.88. The average Bonchev–Trinajstić information content (AvgIpc) is 2.71. The molecule has 2 N–H and O–H groups in total. The van der Waals surface area contributed by atoms with Crippen LogP contribution in [0.25, 0.3) is 0 Å². The van der Waals surface area contributed by atoms with Crippen LogP contribution in [-0.4, -0.2) is 4.98 Å². The van der Waals surface area contributed by atoms with Gasteiger partial charge < -0.3 is 10.6 Å². The normalized spacial score (nSPS) is 13.8. The molecule has 92 valence electrons. The Balaban J connectivity index is 1.93. The molecule has 0 radical (unpaired) electrons. The quantitative estimate of drug-likeness (QED) is 0.822. The van der Waals surface area contributed by atoms with Gasteiger partial charge in [0.2, 0.25) is 0 Å². The van der Waals surface area contributed by atoms with Gasteiger partial charge in [0.15, 0.2) is 0 Å². The molecule has 4 heteroatoms. The summed E-state index contributed by atoms with van der Waals surface area (Å²) >= 11 is 3.59. The van der Waals surface area contributed by atoms with E-state index >= 15 is 0 Å². The summed E-state index contributed by atoms with van der Waals surface area (Å²) in [4.78, 5) is 6.77. The number of nitrogen functional groups attached to an aromatic ring is 1. The number of halogens is 1. The van der Waals surface area contributed by atoms with E-state index in [1.54, 1.807) is 0 Å². The Morgan fingerprint density at radius 1 is 1.22 bits per heavy atom. The minimum Gasteiger partial charge on any atom is -0.399 e. The molecule has 1 aromatic carbocycles. The molecule has 0 bridgehead atoms. The second kappa shape index (κ2) is 4.28. The lowest BCUT2D eigenvalue weighted by molar-refractivity contribution is 0.852. The molecule has 1 aliphatic heterocycles. The molecule has 2 aromatic rings. The molecular weight excluding hydrogens is 290 g/mol. The fraction of sp³-hybridized carbons (Fsp3) is 0.214. The summed E-state index contributed by atoms with van der Waals surface area (Å²) in [6, 6.07) is 8.21. The number of pyridine rings is 1. The summed E-state index contributed by atoms with van der Waals surface area (Å²) in [5.74, 6) is 0.996. The highest BCUT2D eigenvalue weighted by atomic mass is 79.9. The summed E-state index contributed by atoms with van der Waals surface area (Å²) in [6.45, 7) is 3.81. The van der Waals surface area contributed by atoms with Gasteiger partial charge in [-0.05, 0) is 57.7 Å². The third-order valence-corrected chi connectivity index (χ3v) is 3.79. The molecule has 0 fully saturated rings. The summed E-state index contributed by atoms with van der Waals surface area (Å²) in [5, 5.41) is 0. The Morgan fingerprint density at radius 2 is 2.00 bits per heavy atom. The van der Waals surface area contributed by atoms with Crippen LogP contribution in [0.1, 0.15) is 16.7 Å². The number of aryl methyl sites for hydroxylation is 1. The van der Waals surface area contributed by atoms with E-state index in [0.29, 0.717) is 0 Å². The van der Waals surface area contributed by atoms with E-state index in [9.17, 15) is 0 Å². The largest absolute Gasteiger partial charge is 0.399 e. The van der Waals surface area contributed by atoms with Crippen molar-refractivity contribution >= 4 is 27.4 Å². The van der Waals surface area contributed by atoms with Crippen molar-refractivity contribution in [1.29, 1.82) is 0 Å². The van der Waals surface area contributed by atoms with E-state index < -0.39 is 0 Å². The minimum absolute atomic E-state index is 0.825. The number of anilines is 2. The zero-order valence-corrected chi connectivity index (χ0v) is 11.7. The van der Waals surface area contributed by atoms with Crippen molar-refractivity contribution in [1.82, 2.24) is 4.98 Å². The summed E-state index contributed by atoms with van der Waals surface area (Å²) in [5.41, 5.74) is 10.4. The van der Waals surface area contributed by atoms with Crippen LogP contribution < -0.4 is 10.6 Å². The van der Waals surface area contributed by atoms with E-state index in [4.69, 9.17) is 5.73 Å². The van der Waals surface area contributed by atoms with E-state index in [1.165, 1.54) is 11.1 Å². The van der Waals surface area contributed by atoms with Crippen molar-refractivity contribution in [3.05, 3.63) is 51.6 Å². The van der Waals surface area contributed by atoms with Gasteiger partial charge >= 0.3 is 0 Å². The van der Waals surface area contributed by atoms with E-state index in [-0.39, 0.29) is 0 Å². The topological polar surface area (TPSA) is 42.2 Å². The first-order chi connectivity index (χ1) is 8.63. The van der Waals surface area contributed by atoms with Crippen molar-refractivity contribution in [2.24, 2.45) is 0 Å². The number of benzene rings is 1. The first kappa shape index (κ1) is 11.5. The van der Waals surface area contributed by atoms with Crippen LogP contribution in [0.5, 0.6) is 0 Å². The number of nitrogens with zero attached hydrogens (tertiary/aromatic N) is 2. The molecule has 18 heavy (non-hydrogen) atoms. The first-order valence-corrected chi connectivity index (χ1v) is 6.67. The van der Waals surface area contributed by atoms with Crippen LogP contribution in [0, 0.1) is 6.92 Å². The van der Waals surface area contributed by atoms with Gasteiger partial charge in [0.05, 0.1) is 4.47 Å². The lowest BCUT2D eigenvalue weighted by Crippen LogP contribution is -2.16. The fourth-order valence-electron chi connectivity index (χ4n) is 2.32. The molecular formula is C14H14BrN3. The molecule has 0 spiro atoms. The number of aromatic nitrogens is 1. The van der Waals surface area contributed by atoms with Gasteiger partial charge in [-0.2, -0.15) is 0 Å². The molecule has 0 atom stereocenters. The molecule has 3 nitrogen and oxygen atoms in total. The Bertz CT molecular complexity index is 610. The minimum atomic E-state index is 0.825. The summed E-state index contributed by atoms with van der Waals surface area (Å²) < 4.78 is 1.04. The molecule has 1 aromatic heterocycles. The highest BCUT2D eigenvalue weighted by molar-refractivity contribution is 9.10. The molecule has 0 amide bonds. The number of hydrogen-bond donors (Lipinski definition) is 1. The Kier molecular flexibility index (Phi) is 2.74. The van der Waals surface area contributed by atoms with Crippen molar-refractivity contribution in [3.8, 4) is 0 Å². The average molecular weight is 304 g/mol. The Labute approximate surface area is 115 Å². The second-order valence-corrected chi connectivity index (χ2v) is 5.56. The van der Waals surface area contributed by atoms with Crippen LogP contribution in [-0.2, 0) is 13.1 Å². The predicted molar refractivity (Wildman–Crippen MR) is 77.4 cm³/mol. The molecule has 0 unspecified atom stereocenters. The maximum atomic E-state index is 5.82. The van der Waals surface area contributed by atoms with E-state index in [0.717, 1.165) is 34.6 Å². The smallest absolute Gasteiger partial charge is 0.143 e. The van der Waals surface area contributed by atoms with Gasteiger partial charge in [0.1, 0.15) is 5.82 Å². The highest BCUT2D eigenvalue weighted by Crippen LogP contribution is 2.32. The molecule has 0 aliphatic carbocycles. The third-order valence-electron chi connectivity index (χ3n) is 3.21. The Hall–Kier alpha value is -1.55. The van der Waals surface area contributed by atoms with Crippen molar-refractivity contribution < 1.29 is 0 Å². The Morgan fingerprint density at radius 3 is 2.78 bits per heavy atom. The third kappa shape index (κ3) is 1.97. The summed E-state index contributed by atoms with van der Waals surface area (Å²) in [7, 11) is 0. The number of nitrogens with two attached hydrogens (primary N) is 1. The van der Waals surface area contributed by atoms with Crippen LogP contribution >= 0.6 is 15.9 Å². The molecule has 0 saturated heterocycles. The van der Waals surface area contributed by atoms with E-state index in [2.05, 4.69) is 44.0 Å². The zero-order chi connectivity index (χ0) is 12.7. The maximum absolute atomic E-state index is 5.82. The number of fused-ring (bicyclic) bond motifs is 1. The molecule has 2 heterocycles. The maximum Gasteiger partial charge on any atom is 0.143 e. The monoisotopic (exact) mass is 303 g/mol. The van der Waals surface area contributed by atoms with Gasteiger partial charge in [0, 0.05) is 25.0 Å². The van der Waals surface area contributed by atoms with Crippen LogP contribution in [0.4, 0.5) is 11.5 Å². The van der Waals surface area contributed by atoms with Gasteiger partial charge in [-0.25, -0.2) is 4.98 Å². The highest BCUT2D eigenvalue weighted by Gasteiger charge is 2.21. The van der Waals surface area contributed by atoms with Crippen molar-refractivity contribution in [3.63, 3.8) is 0 Å². The van der Waals surface area contributed by atoms with Crippen molar-refractivity contribution in [2.45, 2.75) is 20.0 Å². The second-order valence-electron chi connectivity index (χ2n) is 4.70. The van der Waals surface area contributed by atoms with Gasteiger partial charge in [0.25, 0.3) is 0 Å². The number of hydrogen-bond acceptors (Lipinski definition) is 3. The van der Waals surface area contributed by atoms with Gasteiger partial charge in [-0.3, -0.25) is 0 Å².